The summed E-state index contributed by atoms with van der Waals surface area (Å²) in [5.74, 6) is -0.792. The molecule has 0 aliphatic carbocycles. The summed E-state index contributed by atoms with van der Waals surface area (Å²) in [6.07, 6.45) is -1.06. The SMILES string of the molecule is CC(C)[C@H](O)C(=O)N[C@H]1Cc2ccc3c(c2)C2(c4ccccc4NC2O3)c2oc(nc2C(=O)N2CCc3ccccc32)[C@H](C(C)C)NC1=O. The van der Waals surface area contributed by atoms with Gasteiger partial charge in [-0.2, -0.15) is 0 Å². The molecule has 1 spiro atoms. The molecule has 49 heavy (non-hydrogen) atoms. The summed E-state index contributed by atoms with van der Waals surface area (Å²) in [5, 5.41) is 19.9. The Hall–Kier alpha value is -5.16. The van der Waals surface area contributed by atoms with E-state index in [9.17, 15) is 19.5 Å². The van der Waals surface area contributed by atoms with E-state index in [4.69, 9.17) is 14.1 Å². The fourth-order valence-corrected chi connectivity index (χ4v) is 7.68. The van der Waals surface area contributed by atoms with Crippen molar-refractivity contribution in [2.24, 2.45) is 11.8 Å². The molecule has 0 saturated heterocycles. The van der Waals surface area contributed by atoms with Crippen LogP contribution in [0, 0.1) is 11.8 Å². The van der Waals surface area contributed by atoms with E-state index in [0.29, 0.717) is 18.1 Å². The largest absolute Gasteiger partial charge is 0.469 e. The summed E-state index contributed by atoms with van der Waals surface area (Å²) in [7, 11) is 0. The van der Waals surface area contributed by atoms with Crippen molar-refractivity contribution in [3.63, 3.8) is 0 Å². The minimum absolute atomic E-state index is 0.152. The number of nitrogens with one attached hydrogen (secondary N) is 3. The number of ether oxygens (including phenoxy) is 1. The number of fused-ring (bicyclic) bond motifs is 5. The highest BCUT2D eigenvalue weighted by molar-refractivity contribution is 6.07. The van der Waals surface area contributed by atoms with Gasteiger partial charge in [0.25, 0.3) is 5.91 Å². The monoisotopic (exact) mass is 661 g/mol. The molecule has 0 fully saturated rings. The third-order valence-electron chi connectivity index (χ3n) is 10.3. The summed E-state index contributed by atoms with van der Waals surface area (Å²) in [4.78, 5) is 48.6. The fourth-order valence-electron chi connectivity index (χ4n) is 7.68. The molecule has 4 aromatic rings. The van der Waals surface area contributed by atoms with Gasteiger partial charge in [0, 0.05) is 29.9 Å². The van der Waals surface area contributed by atoms with E-state index in [1.54, 1.807) is 18.7 Å². The van der Waals surface area contributed by atoms with Gasteiger partial charge in [0.1, 0.15) is 29.4 Å². The molecular weight excluding hydrogens is 622 g/mol. The summed E-state index contributed by atoms with van der Waals surface area (Å²) in [6.45, 7) is 7.84. The molecule has 4 aliphatic rings. The standard InChI is InChI=1S/C38H39N5O6/c1-19(2)29-35-42-30(36(47)43-16-15-22-9-5-8-12-27(22)43)32(49-35)38-23-10-6-7-11-25(23)40-37(38)48-28-14-13-21(17-24(28)38)18-26(33(45)41-29)39-34(46)31(44)20(3)4/h5-14,17,19-20,26,29,31,37,40,44H,15-16,18H2,1-4H3,(H,39,46)(H,41,45)/t26-,29-,31-,37?,38?/m0/s1. The first-order valence-electron chi connectivity index (χ1n) is 16.9. The molecule has 4 N–H and O–H groups in total. The molecule has 3 aromatic carbocycles. The van der Waals surface area contributed by atoms with E-state index < -0.39 is 41.6 Å². The van der Waals surface area contributed by atoms with Crippen molar-refractivity contribution >= 4 is 29.1 Å². The summed E-state index contributed by atoms with van der Waals surface area (Å²) in [5.41, 5.74) is 4.21. The maximum absolute atomic E-state index is 14.8. The number of carbonyl (C=O) groups excluding carboxylic acids is 3. The smallest absolute Gasteiger partial charge is 0.280 e. The second-order valence-electron chi connectivity index (χ2n) is 14.1. The average molecular weight is 662 g/mol. The number of nitrogens with zero attached hydrogens (tertiary/aromatic N) is 2. The average Bonchev–Trinajstić information content (AvgIpc) is 3.85. The van der Waals surface area contributed by atoms with Gasteiger partial charge >= 0.3 is 0 Å². The number of amides is 3. The van der Waals surface area contributed by atoms with E-state index in [1.807, 2.05) is 80.6 Å². The van der Waals surface area contributed by atoms with Crippen molar-refractivity contribution in [2.75, 3.05) is 16.8 Å². The van der Waals surface area contributed by atoms with Gasteiger partial charge in [0.2, 0.25) is 17.7 Å². The van der Waals surface area contributed by atoms with Crippen LogP contribution in [0.1, 0.15) is 78.1 Å². The van der Waals surface area contributed by atoms with Gasteiger partial charge < -0.3 is 35.1 Å². The Morgan fingerprint density at radius 1 is 1.02 bits per heavy atom. The van der Waals surface area contributed by atoms with E-state index >= 15 is 0 Å². The molecule has 5 heterocycles. The molecule has 1 aromatic heterocycles. The van der Waals surface area contributed by atoms with Gasteiger partial charge in [-0.15, -0.1) is 0 Å². The van der Waals surface area contributed by atoms with Crippen molar-refractivity contribution in [3.8, 4) is 5.75 Å². The van der Waals surface area contributed by atoms with Crippen LogP contribution in [-0.2, 0) is 27.8 Å². The van der Waals surface area contributed by atoms with Crippen LogP contribution in [0.25, 0.3) is 0 Å². The molecule has 5 atom stereocenters. The predicted octanol–water partition coefficient (Wildman–Crippen LogP) is 4.23. The summed E-state index contributed by atoms with van der Waals surface area (Å²) < 4.78 is 13.5. The van der Waals surface area contributed by atoms with Crippen molar-refractivity contribution in [3.05, 3.63) is 106 Å². The van der Waals surface area contributed by atoms with Crippen LogP contribution in [0.4, 0.5) is 11.4 Å². The number of aliphatic hydroxyl groups excluding tert-OH is 1. The number of benzene rings is 3. The van der Waals surface area contributed by atoms with Gasteiger partial charge in [0.05, 0.1) is 0 Å². The van der Waals surface area contributed by atoms with Crippen LogP contribution < -0.4 is 25.6 Å². The van der Waals surface area contributed by atoms with Crippen LogP contribution in [0.2, 0.25) is 0 Å². The lowest BCUT2D eigenvalue weighted by molar-refractivity contribution is -0.135. The Balaban J connectivity index is 1.35. The second kappa shape index (κ2) is 11.5. The van der Waals surface area contributed by atoms with E-state index in [2.05, 4.69) is 16.0 Å². The van der Waals surface area contributed by atoms with Crippen molar-refractivity contribution < 1.29 is 28.6 Å². The number of rotatable bonds is 5. The first kappa shape index (κ1) is 31.1. The van der Waals surface area contributed by atoms with Crippen LogP contribution in [0.15, 0.2) is 71.1 Å². The first-order chi connectivity index (χ1) is 23.6. The number of hydrogen-bond acceptors (Lipinski definition) is 8. The quantitative estimate of drug-likeness (QED) is 0.249. The lowest BCUT2D eigenvalue weighted by Crippen LogP contribution is -2.52. The molecular formula is C38H39N5O6. The number of para-hydroxylation sites is 2. The summed E-state index contributed by atoms with van der Waals surface area (Å²) >= 11 is 0. The number of aromatic nitrogens is 1. The fraction of sp³-hybridized carbons (Fsp3) is 0.368. The zero-order valence-electron chi connectivity index (χ0n) is 27.8. The molecule has 0 saturated carbocycles. The second-order valence-corrected chi connectivity index (χ2v) is 14.1. The molecule has 4 aliphatic heterocycles. The molecule has 252 valence electrons. The number of anilines is 2. The summed E-state index contributed by atoms with van der Waals surface area (Å²) in [6, 6.07) is 19.7. The minimum Gasteiger partial charge on any atom is -0.469 e. The highest BCUT2D eigenvalue weighted by atomic mass is 16.5. The zero-order chi connectivity index (χ0) is 34.2. The van der Waals surface area contributed by atoms with Crippen molar-refractivity contribution in [1.29, 1.82) is 0 Å². The molecule has 11 nitrogen and oxygen atoms in total. The van der Waals surface area contributed by atoms with Gasteiger partial charge in [-0.25, -0.2) is 4.98 Å². The van der Waals surface area contributed by atoms with Crippen molar-refractivity contribution in [2.45, 2.75) is 70.4 Å². The molecule has 2 unspecified atom stereocenters. The third-order valence-corrected chi connectivity index (χ3v) is 10.3. The minimum atomic E-state index is -1.29. The van der Waals surface area contributed by atoms with Gasteiger partial charge in [-0.05, 0) is 53.1 Å². The van der Waals surface area contributed by atoms with Gasteiger partial charge in [-0.1, -0.05) is 76.2 Å². The van der Waals surface area contributed by atoms with E-state index in [0.717, 1.165) is 40.0 Å². The predicted molar refractivity (Wildman–Crippen MR) is 181 cm³/mol. The van der Waals surface area contributed by atoms with Crippen LogP contribution >= 0.6 is 0 Å². The maximum atomic E-state index is 14.8. The molecule has 11 heteroatoms. The highest BCUT2D eigenvalue weighted by Gasteiger charge is 2.61. The molecule has 4 bridgehead atoms. The Bertz CT molecular complexity index is 2000. The lowest BCUT2D eigenvalue weighted by Gasteiger charge is -2.29. The Morgan fingerprint density at radius 2 is 1.80 bits per heavy atom. The highest BCUT2D eigenvalue weighted by Crippen LogP contribution is 2.58. The Labute approximate surface area is 284 Å². The molecule has 0 radical (unpaired) electrons. The van der Waals surface area contributed by atoms with Crippen LogP contribution in [0.5, 0.6) is 5.75 Å². The zero-order valence-corrected chi connectivity index (χ0v) is 27.8. The first-order valence-corrected chi connectivity index (χ1v) is 16.9. The number of carbonyl (C=O) groups is 3. The topological polar surface area (TPSA) is 146 Å². The molecule has 8 rings (SSSR count). The lowest BCUT2D eigenvalue weighted by atomic mass is 9.72. The van der Waals surface area contributed by atoms with Crippen molar-refractivity contribution in [1.82, 2.24) is 15.6 Å². The number of oxazole rings is 1. The third kappa shape index (κ3) is 4.74. The number of hydrogen-bond donors (Lipinski definition) is 4. The Kier molecular flexibility index (Phi) is 7.29. The normalized spacial score (nSPS) is 23.8. The van der Waals surface area contributed by atoms with Gasteiger partial charge in [0.15, 0.2) is 17.7 Å². The van der Waals surface area contributed by atoms with Gasteiger partial charge in [-0.3, -0.25) is 14.4 Å². The van der Waals surface area contributed by atoms with E-state index in [-0.39, 0.29) is 35.7 Å². The number of aliphatic hydroxyl groups is 1. The van der Waals surface area contributed by atoms with Crippen LogP contribution in [0.3, 0.4) is 0 Å². The maximum Gasteiger partial charge on any atom is 0.280 e. The van der Waals surface area contributed by atoms with E-state index in [1.165, 1.54) is 0 Å². The van der Waals surface area contributed by atoms with Crippen LogP contribution in [-0.4, -0.2) is 52.7 Å². The molecule has 3 amide bonds. The Morgan fingerprint density at radius 3 is 2.59 bits per heavy atom.